The first kappa shape index (κ1) is 17.3. The molecule has 27 heavy (non-hydrogen) atoms. The molecule has 1 saturated heterocycles. The van der Waals surface area contributed by atoms with Crippen LogP contribution in [0.5, 0.6) is 0 Å². The summed E-state index contributed by atoms with van der Waals surface area (Å²) >= 11 is 0. The Hall–Kier alpha value is -3.15. The maximum Gasteiger partial charge on any atom is 0.340 e. The molecule has 2 heterocycles. The van der Waals surface area contributed by atoms with E-state index in [-0.39, 0.29) is 18.2 Å². The van der Waals surface area contributed by atoms with Crippen LogP contribution in [0.1, 0.15) is 47.5 Å². The number of esters is 1. The maximum atomic E-state index is 12.8. The third-order valence-electron chi connectivity index (χ3n) is 5.11. The Balaban J connectivity index is 1.56. The summed E-state index contributed by atoms with van der Waals surface area (Å²) in [5, 5.41) is 2.87. The lowest BCUT2D eigenvalue weighted by Crippen LogP contribution is -2.43. The highest BCUT2D eigenvalue weighted by Crippen LogP contribution is 2.38. The van der Waals surface area contributed by atoms with Crippen molar-refractivity contribution in [2.75, 3.05) is 5.32 Å². The van der Waals surface area contributed by atoms with Crippen molar-refractivity contribution in [1.29, 1.82) is 0 Å². The van der Waals surface area contributed by atoms with Gasteiger partial charge in [0.15, 0.2) is 0 Å². The lowest BCUT2D eigenvalue weighted by atomic mass is 10.1. The van der Waals surface area contributed by atoms with E-state index in [2.05, 4.69) is 12.2 Å². The van der Waals surface area contributed by atoms with Gasteiger partial charge in [0.25, 0.3) is 0 Å². The lowest BCUT2D eigenvalue weighted by Gasteiger charge is -2.29. The summed E-state index contributed by atoms with van der Waals surface area (Å²) in [5.74, 6) is -0.930. The van der Waals surface area contributed by atoms with Crippen LogP contribution in [-0.4, -0.2) is 28.7 Å². The molecule has 0 aromatic heterocycles. The second kappa shape index (κ2) is 6.87. The highest BCUT2D eigenvalue weighted by Gasteiger charge is 2.46. The summed E-state index contributed by atoms with van der Waals surface area (Å²) in [6, 6.07) is 13.9. The van der Waals surface area contributed by atoms with Crippen molar-refractivity contribution >= 4 is 23.5 Å². The van der Waals surface area contributed by atoms with Crippen molar-refractivity contribution in [2.24, 2.45) is 0 Å². The van der Waals surface area contributed by atoms with E-state index in [1.54, 1.807) is 24.3 Å². The molecule has 2 aliphatic heterocycles. The van der Waals surface area contributed by atoms with Gasteiger partial charge in [-0.25, -0.2) is 4.79 Å². The topological polar surface area (TPSA) is 75.7 Å². The second-order valence-corrected chi connectivity index (χ2v) is 6.74. The summed E-state index contributed by atoms with van der Waals surface area (Å²) in [6.45, 7) is 2.07. The quantitative estimate of drug-likeness (QED) is 0.846. The zero-order valence-corrected chi connectivity index (χ0v) is 15.0. The number of aryl methyl sites for hydroxylation is 1. The molecule has 0 saturated carbocycles. The zero-order valence-electron chi connectivity index (χ0n) is 15.0. The molecule has 1 fully saturated rings. The highest BCUT2D eigenvalue weighted by molar-refractivity contribution is 6.00. The van der Waals surface area contributed by atoms with Crippen LogP contribution in [-0.2, 0) is 20.7 Å². The van der Waals surface area contributed by atoms with Gasteiger partial charge in [-0.1, -0.05) is 37.3 Å². The zero-order chi connectivity index (χ0) is 19.0. The molecule has 0 spiro atoms. The van der Waals surface area contributed by atoms with Crippen molar-refractivity contribution in [3.05, 3.63) is 65.2 Å². The first-order valence-electron chi connectivity index (χ1n) is 9.09. The van der Waals surface area contributed by atoms with Crippen LogP contribution >= 0.6 is 0 Å². The Morgan fingerprint density at radius 2 is 1.89 bits per heavy atom. The summed E-state index contributed by atoms with van der Waals surface area (Å²) in [7, 11) is 0. The van der Waals surface area contributed by atoms with E-state index in [1.165, 1.54) is 10.5 Å². The van der Waals surface area contributed by atoms with Gasteiger partial charge >= 0.3 is 5.97 Å². The van der Waals surface area contributed by atoms with Gasteiger partial charge in [-0.2, -0.15) is 0 Å². The minimum atomic E-state index is -0.845. The SMILES string of the molecule is CCc1ccc(NC(=O)[C@H]2CCC(=O)N2[C@@H]2OC(=O)c3ccccc32)cc1. The number of carbonyl (C=O) groups is 3. The minimum absolute atomic E-state index is 0.189. The lowest BCUT2D eigenvalue weighted by molar-refractivity contribution is -0.144. The van der Waals surface area contributed by atoms with Crippen molar-refractivity contribution in [1.82, 2.24) is 4.90 Å². The van der Waals surface area contributed by atoms with Gasteiger partial charge in [0, 0.05) is 17.7 Å². The predicted molar refractivity (Wildman–Crippen MR) is 98.9 cm³/mol. The number of benzene rings is 2. The van der Waals surface area contributed by atoms with Gasteiger partial charge in [0.1, 0.15) is 6.04 Å². The molecule has 2 amide bonds. The molecule has 2 aromatic rings. The molecule has 1 N–H and O–H groups in total. The van der Waals surface area contributed by atoms with E-state index in [0.717, 1.165) is 6.42 Å². The van der Waals surface area contributed by atoms with Crippen LogP contribution in [0, 0.1) is 0 Å². The summed E-state index contributed by atoms with van der Waals surface area (Å²) < 4.78 is 5.43. The van der Waals surface area contributed by atoms with Gasteiger partial charge in [-0.3, -0.25) is 14.5 Å². The number of likely N-dealkylation sites (tertiary alicyclic amines) is 1. The fourth-order valence-corrected chi connectivity index (χ4v) is 3.64. The van der Waals surface area contributed by atoms with Gasteiger partial charge in [-0.15, -0.1) is 0 Å². The van der Waals surface area contributed by atoms with E-state index in [1.807, 2.05) is 24.3 Å². The number of amides is 2. The standard InChI is InChI=1S/C21H20N2O4/c1-2-13-7-9-14(10-8-13)22-19(25)17-11-12-18(24)23(17)20-15-5-3-4-6-16(15)21(26)27-20/h3-10,17,20H,2,11-12H2,1H3,(H,22,25)/t17-,20-/m1/s1. The molecule has 0 radical (unpaired) electrons. The average Bonchev–Trinajstić information content (AvgIpc) is 3.22. The second-order valence-electron chi connectivity index (χ2n) is 6.74. The number of fused-ring (bicyclic) bond motifs is 1. The Labute approximate surface area is 157 Å². The van der Waals surface area contributed by atoms with E-state index in [0.29, 0.717) is 23.2 Å². The fraction of sp³-hybridized carbons (Fsp3) is 0.286. The van der Waals surface area contributed by atoms with Crippen LogP contribution < -0.4 is 5.32 Å². The number of carbonyl (C=O) groups excluding carboxylic acids is 3. The number of nitrogens with one attached hydrogen (secondary N) is 1. The van der Waals surface area contributed by atoms with E-state index in [9.17, 15) is 14.4 Å². The maximum absolute atomic E-state index is 12.8. The Kier molecular flexibility index (Phi) is 4.39. The van der Waals surface area contributed by atoms with Gasteiger partial charge in [0.2, 0.25) is 18.0 Å². The third kappa shape index (κ3) is 3.07. The molecule has 6 heteroatoms. The number of hydrogen-bond acceptors (Lipinski definition) is 4. The minimum Gasteiger partial charge on any atom is -0.433 e. The molecule has 6 nitrogen and oxygen atoms in total. The Bertz CT molecular complexity index is 907. The van der Waals surface area contributed by atoms with Crippen LogP contribution in [0.25, 0.3) is 0 Å². The highest BCUT2D eigenvalue weighted by atomic mass is 16.6. The number of hydrogen-bond donors (Lipinski definition) is 1. The number of ether oxygens (including phenoxy) is 1. The van der Waals surface area contributed by atoms with Crippen LogP contribution in [0.4, 0.5) is 5.69 Å². The van der Waals surface area contributed by atoms with Crippen molar-refractivity contribution in [3.63, 3.8) is 0 Å². The number of rotatable bonds is 4. The monoisotopic (exact) mass is 364 g/mol. The Morgan fingerprint density at radius 3 is 2.63 bits per heavy atom. The summed E-state index contributed by atoms with van der Waals surface area (Å²) in [4.78, 5) is 38.8. The van der Waals surface area contributed by atoms with Gasteiger partial charge in [0.05, 0.1) is 5.56 Å². The van der Waals surface area contributed by atoms with E-state index in [4.69, 9.17) is 4.74 Å². The third-order valence-corrected chi connectivity index (χ3v) is 5.11. The molecule has 0 bridgehead atoms. The first-order chi connectivity index (χ1) is 13.1. The average molecular weight is 364 g/mol. The van der Waals surface area contributed by atoms with Crippen molar-refractivity contribution in [2.45, 2.75) is 38.5 Å². The van der Waals surface area contributed by atoms with Gasteiger partial charge in [-0.05, 0) is 36.6 Å². The van der Waals surface area contributed by atoms with Gasteiger partial charge < -0.3 is 10.1 Å². The molecule has 4 rings (SSSR count). The van der Waals surface area contributed by atoms with E-state index < -0.39 is 18.2 Å². The Morgan fingerprint density at radius 1 is 1.15 bits per heavy atom. The molecule has 0 unspecified atom stereocenters. The number of anilines is 1. The smallest absolute Gasteiger partial charge is 0.340 e. The molecule has 2 aromatic carbocycles. The van der Waals surface area contributed by atoms with Crippen LogP contribution in [0.2, 0.25) is 0 Å². The van der Waals surface area contributed by atoms with Crippen molar-refractivity contribution < 1.29 is 19.1 Å². The van der Waals surface area contributed by atoms with Crippen LogP contribution in [0.3, 0.4) is 0 Å². The molecule has 2 atom stereocenters. The molecule has 0 aliphatic carbocycles. The molecular weight excluding hydrogens is 344 g/mol. The first-order valence-corrected chi connectivity index (χ1v) is 9.09. The fourth-order valence-electron chi connectivity index (χ4n) is 3.64. The number of cyclic esters (lactones) is 1. The normalized spacial score (nSPS) is 21.1. The van der Waals surface area contributed by atoms with Crippen LogP contribution in [0.15, 0.2) is 48.5 Å². The van der Waals surface area contributed by atoms with Crippen molar-refractivity contribution in [3.8, 4) is 0 Å². The molecule has 2 aliphatic rings. The number of nitrogens with zero attached hydrogens (tertiary/aromatic N) is 1. The largest absolute Gasteiger partial charge is 0.433 e. The molecule has 138 valence electrons. The summed E-state index contributed by atoms with van der Waals surface area (Å²) in [6.07, 6.45) is 0.727. The summed E-state index contributed by atoms with van der Waals surface area (Å²) in [5.41, 5.74) is 2.93. The van der Waals surface area contributed by atoms with E-state index >= 15 is 0 Å². The molecular formula is C21H20N2O4. The predicted octanol–water partition coefficient (Wildman–Crippen LogP) is 3.05.